The summed E-state index contributed by atoms with van der Waals surface area (Å²) in [6.07, 6.45) is 0.365. The minimum absolute atomic E-state index is 0.219. The number of nitrogens with two attached hydrogens (primary N) is 1. The van der Waals surface area contributed by atoms with Gasteiger partial charge in [-0.15, -0.1) is 11.8 Å². The average molecular weight is 241 g/mol. The number of hydrogen-bond acceptors (Lipinski definition) is 6. The van der Waals surface area contributed by atoms with Crippen LogP contribution in [0.5, 0.6) is 0 Å². The minimum atomic E-state index is -0.219. The fourth-order valence-corrected chi connectivity index (χ4v) is 2.08. The topological polar surface area (TPSA) is 78.1 Å². The molecule has 1 aromatic rings. The Balaban J connectivity index is 2.63. The third-order valence-electron chi connectivity index (χ3n) is 2.02. The van der Waals surface area contributed by atoms with Crippen molar-refractivity contribution < 1.29 is 9.53 Å². The van der Waals surface area contributed by atoms with Crippen LogP contribution in [0.3, 0.4) is 0 Å². The van der Waals surface area contributed by atoms with Crippen LogP contribution in [-0.4, -0.2) is 28.8 Å². The van der Waals surface area contributed by atoms with Crippen LogP contribution in [0, 0.1) is 13.8 Å². The second-order valence-electron chi connectivity index (χ2n) is 3.26. The smallest absolute Gasteiger partial charge is 0.306 e. The maximum absolute atomic E-state index is 10.9. The largest absolute Gasteiger partial charge is 0.469 e. The molecule has 0 aromatic carbocycles. The van der Waals surface area contributed by atoms with Gasteiger partial charge in [-0.2, -0.15) is 0 Å². The highest BCUT2D eigenvalue weighted by Gasteiger charge is 2.08. The van der Waals surface area contributed by atoms with E-state index in [4.69, 9.17) is 5.73 Å². The van der Waals surface area contributed by atoms with Gasteiger partial charge in [0.25, 0.3) is 0 Å². The fourth-order valence-electron chi connectivity index (χ4n) is 1.10. The molecule has 0 unspecified atom stereocenters. The fraction of sp³-hybridized carbons (Fsp3) is 0.500. The van der Waals surface area contributed by atoms with Crippen molar-refractivity contribution in [2.24, 2.45) is 0 Å². The van der Waals surface area contributed by atoms with Crippen LogP contribution in [0.4, 0.5) is 5.82 Å². The summed E-state index contributed by atoms with van der Waals surface area (Å²) in [4.78, 5) is 19.3. The molecule has 1 aromatic heterocycles. The highest BCUT2D eigenvalue weighted by molar-refractivity contribution is 7.99. The number of carbonyl (C=O) groups excluding carboxylic acids is 1. The summed E-state index contributed by atoms with van der Waals surface area (Å²) < 4.78 is 4.56. The summed E-state index contributed by atoms with van der Waals surface area (Å²) in [6, 6.07) is 0. The van der Waals surface area contributed by atoms with Crippen molar-refractivity contribution in [1.29, 1.82) is 0 Å². The Bertz CT molecular complexity index is 396. The molecule has 16 heavy (non-hydrogen) atoms. The maximum Gasteiger partial charge on any atom is 0.306 e. The van der Waals surface area contributed by atoms with Crippen LogP contribution in [0.25, 0.3) is 0 Å². The number of hydrogen-bond donors (Lipinski definition) is 1. The van der Waals surface area contributed by atoms with Crippen LogP contribution in [-0.2, 0) is 9.53 Å². The predicted octanol–water partition coefficient (Wildman–Crippen LogP) is 1.33. The first kappa shape index (κ1) is 12.8. The van der Waals surface area contributed by atoms with E-state index in [0.717, 1.165) is 10.6 Å². The summed E-state index contributed by atoms with van der Waals surface area (Å²) in [5.74, 6) is 1.55. The molecule has 0 aliphatic heterocycles. The summed E-state index contributed by atoms with van der Waals surface area (Å²) in [6.45, 7) is 3.66. The molecule has 0 radical (unpaired) electrons. The standard InChI is InChI=1S/C10H15N3O2S/c1-6-9(11)12-7(2)13-10(6)16-5-4-8(14)15-3/h4-5H2,1-3H3,(H2,11,12,13). The monoisotopic (exact) mass is 241 g/mol. The zero-order valence-corrected chi connectivity index (χ0v) is 10.4. The highest BCUT2D eigenvalue weighted by atomic mass is 32.2. The Hall–Kier alpha value is -1.30. The lowest BCUT2D eigenvalue weighted by Crippen LogP contribution is -2.04. The van der Waals surface area contributed by atoms with Crippen molar-refractivity contribution in [1.82, 2.24) is 9.97 Å². The van der Waals surface area contributed by atoms with Gasteiger partial charge in [0.2, 0.25) is 0 Å². The number of aryl methyl sites for hydroxylation is 1. The van der Waals surface area contributed by atoms with Crippen LogP contribution in [0.2, 0.25) is 0 Å². The Kier molecular flexibility index (Phi) is 4.54. The number of aromatic nitrogens is 2. The molecule has 5 nitrogen and oxygen atoms in total. The summed E-state index contributed by atoms with van der Waals surface area (Å²) >= 11 is 1.49. The summed E-state index contributed by atoms with van der Waals surface area (Å²) in [5.41, 5.74) is 6.58. The van der Waals surface area contributed by atoms with Crippen LogP contribution >= 0.6 is 11.8 Å². The van der Waals surface area contributed by atoms with Crippen molar-refractivity contribution in [3.05, 3.63) is 11.4 Å². The number of ether oxygens (including phenoxy) is 1. The second-order valence-corrected chi connectivity index (χ2v) is 4.34. The molecule has 0 aliphatic carbocycles. The van der Waals surface area contributed by atoms with E-state index in [1.165, 1.54) is 18.9 Å². The lowest BCUT2D eigenvalue weighted by Gasteiger charge is -2.07. The summed E-state index contributed by atoms with van der Waals surface area (Å²) in [7, 11) is 1.38. The molecule has 88 valence electrons. The van der Waals surface area contributed by atoms with E-state index >= 15 is 0 Å². The van der Waals surface area contributed by atoms with Gasteiger partial charge in [0.15, 0.2) is 0 Å². The van der Waals surface area contributed by atoms with Gasteiger partial charge >= 0.3 is 5.97 Å². The quantitative estimate of drug-likeness (QED) is 0.487. The third kappa shape index (κ3) is 3.37. The minimum Gasteiger partial charge on any atom is -0.469 e. The molecule has 0 aliphatic rings. The Morgan fingerprint density at radius 3 is 2.75 bits per heavy atom. The molecular weight excluding hydrogens is 226 g/mol. The highest BCUT2D eigenvalue weighted by Crippen LogP contribution is 2.23. The van der Waals surface area contributed by atoms with E-state index in [-0.39, 0.29) is 5.97 Å². The summed E-state index contributed by atoms with van der Waals surface area (Å²) in [5, 5.41) is 0.828. The number of nitrogens with zero attached hydrogens (tertiary/aromatic N) is 2. The van der Waals surface area contributed by atoms with Crippen molar-refractivity contribution in [3.8, 4) is 0 Å². The number of anilines is 1. The first-order valence-corrected chi connectivity index (χ1v) is 5.83. The van der Waals surface area contributed by atoms with E-state index in [0.29, 0.717) is 23.8 Å². The number of esters is 1. The molecule has 0 atom stereocenters. The van der Waals surface area contributed by atoms with Gasteiger partial charge in [0.05, 0.1) is 13.5 Å². The molecule has 6 heteroatoms. The third-order valence-corrected chi connectivity index (χ3v) is 3.10. The molecule has 0 bridgehead atoms. The van der Waals surface area contributed by atoms with Gasteiger partial charge in [0, 0.05) is 11.3 Å². The first-order chi connectivity index (χ1) is 7.54. The van der Waals surface area contributed by atoms with Crippen molar-refractivity contribution in [2.75, 3.05) is 18.6 Å². The lowest BCUT2D eigenvalue weighted by molar-refractivity contribution is -0.140. The van der Waals surface area contributed by atoms with E-state index < -0.39 is 0 Å². The van der Waals surface area contributed by atoms with Crippen LogP contribution in [0.1, 0.15) is 17.8 Å². The Labute approximate surface area is 98.8 Å². The number of methoxy groups -OCH3 is 1. The van der Waals surface area contributed by atoms with Gasteiger partial charge < -0.3 is 10.5 Å². The van der Waals surface area contributed by atoms with Crippen LogP contribution in [0.15, 0.2) is 5.03 Å². The molecule has 0 saturated carbocycles. The van der Waals surface area contributed by atoms with Gasteiger partial charge in [-0.1, -0.05) is 0 Å². The molecular formula is C10H15N3O2S. The number of thioether (sulfide) groups is 1. The molecule has 0 amide bonds. The van der Waals surface area contributed by atoms with Gasteiger partial charge in [0.1, 0.15) is 16.7 Å². The second kappa shape index (κ2) is 5.69. The van der Waals surface area contributed by atoms with Gasteiger partial charge in [-0.25, -0.2) is 9.97 Å². The van der Waals surface area contributed by atoms with Crippen molar-refractivity contribution in [2.45, 2.75) is 25.3 Å². The molecule has 2 N–H and O–H groups in total. The van der Waals surface area contributed by atoms with Gasteiger partial charge in [-0.05, 0) is 13.8 Å². The molecule has 1 heterocycles. The number of nitrogen functional groups attached to an aromatic ring is 1. The Morgan fingerprint density at radius 2 is 2.12 bits per heavy atom. The molecule has 0 fully saturated rings. The molecule has 0 saturated heterocycles. The van der Waals surface area contributed by atoms with E-state index in [1.807, 2.05) is 6.92 Å². The average Bonchev–Trinajstić information content (AvgIpc) is 2.24. The van der Waals surface area contributed by atoms with Crippen LogP contribution < -0.4 is 5.73 Å². The SMILES string of the molecule is COC(=O)CCSc1nc(C)nc(N)c1C. The zero-order valence-electron chi connectivity index (χ0n) is 9.61. The number of carbonyl (C=O) groups is 1. The van der Waals surface area contributed by atoms with Gasteiger partial charge in [-0.3, -0.25) is 4.79 Å². The number of rotatable bonds is 4. The Morgan fingerprint density at radius 1 is 1.44 bits per heavy atom. The van der Waals surface area contributed by atoms with Crippen molar-refractivity contribution in [3.63, 3.8) is 0 Å². The maximum atomic E-state index is 10.9. The van der Waals surface area contributed by atoms with Crippen molar-refractivity contribution >= 4 is 23.5 Å². The predicted molar refractivity (Wildman–Crippen MR) is 63.3 cm³/mol. The van der Waals surface area contributed by atoms with E-state index in [2.05, 4.69) is 14.7 Å². The normalized spacial score (nSPS) is 10.2. The van der Waals surface area contributed by atoms with E-state index in [1.54, 1.807) is 6.92 Å². The first-order valence-electron chi connectivity index (χ1n) is 4.85. The zero-order chi connectivity index (χ0) is 12.1. The molecule has 1 rings (SSSR count). The lowest BCUT2D eigenvalue weighted by atomic mass is 10.3. The molecule has 0 spiro atoms. The van der Waals surface area contributed by atoms with E-state index in [9.17, 15) is 4.79 Å².